The molecule has 1 aromatic rings. The fourth-order valence-corrected chi connectivity index (χ4v) is 3.39. The molecule has 8 nitrogen and oxygen atoms in total. The number of aliphatic hydroxyl groups is 1. The van der Waals surface area contributed by atoms with Gasteiger partial charge in [0.05, 0.1) is 17.6 Å². The summed E-state index contributed by atoms with van der Waals surface area (Å²) in [5, 5.41) is 19.4. The zero-order valence-electron chi connectivity index (χ0n) is 10.7. The third kappa shape index (κ3) is 4.50. The highest BCUT2D eigenvalue weighted by atomic mass is 35.5. The van der Waals surface area contributed by atoms with Crippen LogP contribution >= 0.6 is 23.2 Å². The second kappa shape index (κ2) is 7.34. The minimum Gasteiger partial charge on any atom is -0.389 e. The molecule has 2 N–H and O–H groups in total. The summed E-state index contributed by atoms with van der Waals surface area (Å²) in [5.74, 6) is 0. The molecule has 0 aromatic heterocycles. The van der Waals surface area contributed by atoms with E-state index in [1.165, 1.54) is 7.11 Å². The van der Waals surface area contributed by atoms with E-state index in [0.29, 0.717) is 0 Å². The van der Waals surface area contributed by atoms with Gasteiger partial charge in [0.1, 0.15) is 14.9 Å². The largest absolute Gasteiger partial charge is 0.389 e. The molecule has 0 aliphatic carbocycles. The lowest BCUT2D eigenvalue weighted by atomic mass is 10.3. The van der Waals surface area contributed by atoms with Crippen molar-refractivity contribution in [3.63, 3.8) is 0 Å². The summed E-state index contributed by atoms with van der Waals surface area (Å²) in [6.45, 7) is -0.403. The van der Waals surface area contributed by atoms with Crippen molar-refractivity contribution in [2.75, 3.05) is 20.3 Å². The van der Waals surface area contributed by atoms with Crippen LogP contribution < -0.4 is 4.72 Å². The number of hydrogen-bond donors (Lipinski definition) is 2. The quantitative estimate of drug-likeness (QED) is 0.558. The number of benzene rings is 1. The van der Waals surface area contributed by atoms with Crippen molar-refractivity contribution in [1.82, 2.24) is 4.72 Å². The summed E-state index contributed by atoms with van der Waals surface area (Å²) in [6, 6.07) is 2.11. The summed E-state index contributed by atoms with van der Waals surface area (Å²) in [6.07, 6.45) is -1.06. The van der Waals surface area contributed by atoms with Crippen LogP contribution in [0.25, 0.3) is 0 Å². The number of ether oxygens (including phenoxy) is 1. The number of methoxy groups -OCH3 is 1. The third-order valence-electron chi connectivity index (χ3n) is 2.37. The molecule has 0 spiro atoms. The molecular weight excluding hydrogens is 347 g/mol. The van der Waals surface area contributed by atoms with Gasteiger partial charge in [-0.05, 0) is 12.1 Å². The molecule has 0 radical (unpaired) electrons. The lowest BCUT2D eigenvalue weighted by Gasteiger charge is -2.12. The van der Waals surface area contributed by atoms with E-state index >= 15 is 0 Å². The molecule has 0 amide bonds. The Morgan fingerprint density at radius 3 is 2.62 bits per heavy atom. The van der Waals surface area contributed by atoms with E-state index in [1.54, 1.807) is 0 Å². The Morgan fingerprint density at radius 2 is 2.10 bits per heavy atom. The van der Waals surface area contributed by atoms with Crippen molar-refractivity contribution in [2.24, 2.45) is 0 Å². The topological polar surface area (TPSA) is 119 Å². The van der Waals surface area contributed by atoms with E-state index in [2.05, 4.69) is 9.46 Å². The predicted molar refractivity (Wildman–Crippen MR) is 76.2 cm³/mol. The summed E-state index contributed by atoms with van der Waals surface area (Å²) >= 11 is 11.4. The second-order valence-electron chi connectivity index (χ2n) is 3.93. The maximum atomic E-state index is 12.0. The number of nitrogens with one attached hydrogen (secondary N) is 1. The predicted octanol–water partition coefficient (Wildman–Crippen LogP) is 1.19. The van der Waals surface area contributed by atoms with Crippen molar-refractivity contribution < 1.29 is 23.2 Å². The van der Waals surface area contributed by atoms with Crippen molar-refractivity contribution in [3.8, 4) is 0 Å². The molecule has 0 aliphatic heterocycles. The van der Waals surface area contributed by atoms with Crippen LogP contribution in [0.3, 0.4) is 0 Å². The molecule has 21 heavy (non-hydrogen) atoms. The first-order valence-electron chi connectivity index (χ1n) is 5.49. The average Bonchev–Trinajstić information content (AvgIpc) is 2.36. The van der Waals surface area contributed by atoms with Crippen LogP contribution in [-0.2, 0) is 14.8 Å². The van der Waals surface area contributed by atoms with Gasteiger partial charge in [-0.15, -0.1) is 0 Å². The van der Waals surface area contributed by atoms with Crippen LogP contribution in [0.15, 0.2) is 17.0 Å². The molecular formula is C10H12Cl2N2O6S. The van der Waals surface area contributed by atoms with E-state index in [1.807, 2.05) is 0 Å². The van der Waals surface area contributed by atoms with Crippen LogP contribution in [0, 0.1) is 10.1 Å². The molecule has 0 saturated carbocycles. The van der Waals surface area contributed by atoms with Crippen molar-refractivity contribution in [2.45, 2.75) is 11.0 Å². The maximum absolute atomic E-state index is 12.0. The molecule has 0 saturated heterocycles. The van der Waals surface area contributed by atoms with Gasteiger partial charge in [0.15, 0.2) is 0 Å². The Morgan fingerprint density at radius 1 is 1.48 bits per heavy atom. The summed E-state index contributed by atoms with van der Waals surface area (Å²) in [7, 11) is -2.79. The van der Waals surface area contributed by atoms with E-state index in [9.17, 15) is 23.6 Å². The first-order valence-corrected chi connectivity index (χ1v) is 7.73. The molecule has 0 bridgehead atoms. The monoisotopic (exact) mass is 358 g/mol. The van der Waals surface area contributed by atoms with E-state index in [-0.39, 0.29) is 18.2 Å². The average molecular weight is 359 g/mol. The molecule has 0 heterocycles. The molecule has 0 fully saturated rings. The zero-order chi connectivity index (χ0) is 16.2. The van der Waals surface area contributed by atoms with E-state index in [0.717, 1.165) is 12.1 Å². The van der Waals surface area contributed by atoms with Gasteiger partial charge in [-0.1, -0.05) is 23.2 Å². The normalized spacial score (nSPS) is 13.1. The first-order chi connectivity index (χ1) is 9.70. The molecule has 0 aliphatic rings. The van der Waals surface area contributed by atoms with Gasteiger partial charge in [0.25, 0.3) is 0 Å². The van der Waals surface area contributed by atoms with Gasteiger partial charge in [0.2, 0.25) is 10.0 Å². The van der Waals surface area contributed by atoms with Gasteiger partial charge >= 0.3 is 5.69 Å². The Kier molecular flexibility index (Phi) is 6.32. The SMILES string of the molecule is COCC(O)CNS(=O)(=O)c1ccc(Cl)c([N+](=O)[O-])c1Cl. The standard InChI is InChI=1S/C10H12Cl2N2O6S/c1-20-5-6(15)4-13-21(18,19)8-3-2-7(11)10(9(8)12)14(16)17/h2-3,6,13,15H,4-5H2,1H3. The minimum absolute atomic E-state index is 0.0724. The number of rotatable bonds is 7. The van der Waals surface area contributed by atoms with Gasteiger partial charge in [-0.2, -0.15) is 0 Å². The van der Waals surface area contributed by atoms with E-state index in [4.69, 9.17) is 23.2 Å². The lowest BCUT2D eigenvalue weighted by molar-refractivity contribution is -0.384. The number of nitro groups is 1. The number of nitro benzene ring substituents is 1. The number of aliphatic hydroxyl groups excluding tert-OH is 1. The Bertz CT molecular complexity index is 637. The first kappa shape index (κ1) is 18.1. The van der Waals surface area contributed by atoms with Crippen LogP contribution in [0.5, 0.6) is 0 Å². The smallest absolute Gasteiger partial charge is 0.307 e. The van der Waals surface area contributed by atoms with Crippen molar-refractivity contribution in [1.29, 1.82) is 0 Å². The Labute approximate surface area is 130 Å². The fourth-order valence-electron chi connectivity index (χ4n) is 1.43. The maximum Gasteiger partial charge on any atom is 0.307 e. The minimum atomic E-state index is -4.14. The molecule has 118 valence electrons. The number of nitrogens with zero attached hydrogens (tertiary/aromatic N) is 1. The molecule has 1 rings (SSSR count). The number of hydrogen-bond acceptors (Lipinski definition) is 6. The van der Waals surface area contributed by atoms with Crippen LogP contribution in [0.1, 0.15) is 0 Å². The highest BCUT2D eigenvalue weighted by molar-refractivity contribution is 7.89. The molecule has 1 atom stereocenters. The highest BCUT2D eigenvalue weighted by Gasteiger charge is 2.27. The van der Waals surface area contributed by atoms with Gasteiger partial charge in [-0.3, -0.25) is 10.1 Å². The third-order valence-corrected chi connectivity index (χ3v) is 4.64. The number of halogens is 2. The fraction of sp³-hybridized carbons (Fsp3) is 0.400. The van der Waals surface area contributed by atoms with Crippen molar-refractivity contribution in [3.05, 3.63) is 32.3 Å². The Balaban J connectivity index is 3.10. The highest BCUT2D eigenvalue weighted by Crippen LogP contribution is 2.36. The number of sulfonamides is 1. The van der Waals surface area contributed by atoms with Gasteiger partial charge in [0, 0.05) is 13.7 Å². The summed E-state index contributed by atoms with van der Waals surface area (Å²) in [5.41, 5.74) is -0.696. The zero-order valence-corrected chi connectivity index (χ0v) is 13.1. The molecule has 1 unspecified atom stereocenters. The van der Waals surface area contributed by atoms with Gasteiger partial charge < -0.3 is 9.84 Å². The van der Waals surface area contributed by atoms with Gasteiger partial charge in [-0.25, -0.2) is 13.1 Å². The lowest BCUT2D eigenvalue weighted by Crippen LogP contribution is -2.34. The summed E-state index contributed by atoms with van der Waals surface area (Å²) < 4.78 is 30.8. The van der Waals surface area contributed by atoms with Crippen LogP contribution in [-0.4, -0.2) is 44.8 Å². The van der Waals surface area contributed by atoms with Crippen LogP contribution in [0.4, 0.5) is 5.69 Å². The molecule has 11 heteroatoms. The van der Waals surface area contributed by atoms with Crippen molar-refractivity contribution >= 4 is 38.9 Å². The molecule has 1 aromatic carbocycles. The Hall–Kier alpha value is -0.970. The summed E-state index contributed by atoms with van der Waals surface area (Å²) in [4.78, 5) is 9.47. The van der Waals surface area contributed by atoms with E-state index < -0.39 is 36.7 Å². The van der Waals surface area contributed by atoms with Crippen LogP contribution in [0.2, 0.25) is 10.0 Å². The second-order valence-corrected chi connectivity index (χ2v) is 6.45.